The molecule has 27 heavy (non-hydrogen) atoms. The zero-order valence-electron chi connectivity index (χ0n) is 13.9. The molecule has 0 saturated heterocycles. The molecule has 2 aromatic rings. The van der Waals surface area contributed by atoms with Gasteiger partial charge in [0.2, 0.25) is 0 Å². The summed E-state index contributed by atoms with van der Waals surface area (Å²) < 4.78 is 82.1. The van der Waals surface area contributed by atoms with Crippen LogP contribution in [0.25, 0.3) is 11.3 Å². The summed E-state index contributed by atoms with van der Waals surface area (Å²) in [5.74, 6) is 0. The molecule has 0 aliphatic carbocycles. The molecule has 0 spiro atoms. The van der Waals surface area contributed by atoms with Crippen LogP contribution in [-0.2, 0) is 30.0 Å². The van der Waals surface area contributed by atoms with E-state index in [4.69, 9.17) is 22.0 Å². The van der Waals surface area contributed by atoms with E-state index < -0.39 is 23.2 Å². The summed E-state index contributed by atoms with van der Waals surface area (Å²) in [5, 5.41) is 4.16. The van der Waals surface area contributed by atoms with Gasteiger partial charge >= 0.3 is 13.1 Å². The SMILES string of the molecule is COP(=O)(C[n+]1ccc(-c2ccncn2)cn1)OC.O=S(=O)([O-])C(F)(F)F. The summed E-state index contributed by atoms with van der Waals surface area (Å²) in [6, 6.07) is 3.61. The first kappa shape index (κ1) is 23.0. The van der Waals surface area contributed by atoms with E-state index in [9.17, 15) is 17.7 Å². The molecule has 0 aliphatic rings. The molecule has 0 N–H and O–H groups in total. The first-order valence-electron chi connectivity index (χ1n) is 6.77. The van der Waals surface area contributed by atoms with Crippen molar-refractivity contribution in [3.05, 3.63) is 37.1 Å². The summed E-state index contributed by atoms with van der Waals surface area (Å²) in [6.45, 7) is 0. The average molecular weight is 430 g/mol. The standard InChI is InChI=1S/C11H14N4O3P.CHF3O3S/c1-17-19(16,18-2)9-15-6-4-10(7-14-15)11-3-5-12-8-13-11;2-1(3,4)8(5,6)7/h3-8H,9H2,1-2H3;(H,5,6,7)/q+1;/p-1. The van der Waals surface area contributed by atoms with E-state index in [2.05, 4.69) is 15.1 Å². The van der Waals surface area contributed by atoms with Crippen LogP contribution in [0.3, 0.4) is 0 Å². The molecule has 10 nitrogen and oxygen atoms in total. The van der Waals surface area contributed by atoms with Crippen molar-refractivity contribution >= 4 is 17.7 Å². The molecule has 2 rings (SSSR count). The maximum absolute atomic E-state index is 11.9. The lowest BCUT2D eigenvalue weighted by Gasteiger charge is -2.08. The van der Waals surface area contributed by atoms with Crippen molar-refractivity contribution < 1.29 is 44.4 Å². The maximum atomic E-state index is 11.9. The smallest absolute Gasteiger partial charge is 0.485 e. The van der Waals surface area contributed by atoms with Gasteiger partial charge in [-0.25, -0.2) is 18.4 Å². The number of alkyl halides is 3. The third-order valence-corrected chi connectivity index (χ3v) is 5.12. The first-order valence-corrected chi connectivity index (χ1v) is 9.90. The summed E-state index contributed by atoms with van der Waals surface area (Å²) in [4.78, 5) is 7.97. The second-order valence-electron chi connectivity index (χ2n) is 4.57. The first-order chi connectivity index (χ1) is 12.4. The predicted molar refractivity (Wildman–Crippen MR) is 82.8 cm³/mol. The second-order valence-corrected chi connectivity index (χ2v) is 8.17. The van der Waals surface area contributed by atoms with Gasteiger partial charge in [0.1, 0.15) is 12.5 Å². The molecule has 0 aromatic carbocycles. The Morgan fingerprint density at radius 3 is 2.22 bits per heavy atom. The second kappa shape index (κ2) is 9.28. The quantitative estimate of drug-likeness (QED) is 0.298. The van der Waals surface area contributed by atoms with Crippen LogP contribution in [0.1, 0.15) is 0 Å². The molecule has 2 heterocycles. The zero-order chi connectivity index (χ0) is 20.7. The molecule has 2 aromatic heterocycles. The van der Waals surface area contributed by atoms with Crippen LogP contribution in [0.2, 0.25) is 0 Å². The van der Waals surface area contributed by atoms with Crippen LogP contribution in [0.5, 0.6) is 0 Å². The van der Waals surface area contributed by atoms with Gasteiger partial charge in [-0.3, -0.25) is 4.57 Å². The summed E-state index contributed by atoms with van der Waals surface area (Å²) in [7, 11) is -6.51. The molecule has 0 atom stereocenters. The Hall–Kier alpha value is -1.99. The van der Waals surface area contributed by atoms with Crippen molar-refractivity contribution in [2.45, 2.75) is 11.8 Å². The molecule has 150 valence electrons. The van der Waals surface area contributed by atoms with E-state index in [1.54, 1.807) is 24.7 Å². The Morgan fingerprint density at radius 1 is 1.26 bits per heavy atom. The number of halogens is 3. The van der Waals surface area contributed by atoms with Gasteiger partial charge in [0, 0.05) is 32.0 Å². The fourth-order valence-corrected chi connectivity index (χ4v) is 2.35. The van der Waals surface area contributed by atoms with Crippen LogP contribution in [0.4, 0.5) is 13.2 Å². The highest BCUT2D eigenvalue weighted by Gasteiger charge is 2.36. The molecule has 0 unspecified atom stereocenters. The van der Waals surface area contributed by atoms with E-state index in [-0.39, 0.29) is 6.29 Å². The fraction of sp³-hybridized carbons (Fsp3) is 0.333. The fourth-order valence-electron chi connectivity index (χ4n) is 1.45. The highest BCUT2D eigenvalue weighted by atomic mass is 32.2. The summed E-state index contributed by atoms with van der Waals surface area (Å²) in [5.41, 5.74) is -4.02. The van der Waals surface area contributed by atoms with Gasteiger partial charge in [-0.2, -0.15) is 13.2 Å². The van der Waals surface area contributed by atoms with E-state index >= 15 is 0 Å². The number of aromatic nitrogens is 4. The number of rotatable bonds is 5. The monoisotopic (exact) mass is 430 g/mol. The molecule has 0 aliphatic heterocycles. The lowest BCUT2D eigenvalue weighted by atomic mass is 10.2. The highest BCUT2D eigenvalue weighted by molar-refractivity contribution is 7.86. The van der Waals surface area contributed by atoms with Crippen molar-refractivity contribution in [2.75, 3.05) is 14.2 Å². The summed E-state index contributed by atoms with van der Waals surface area (Å²) in [6.07, 6.45) is 6.53. The highest BCUT2D eigenvalue weighted by Crippen LogP contribution is 2.46. The molecule has 15 heteroatoms. The number of nitrogens with zero attached hydrogens (tertiary/aromatic N) is 4. The Balaban J connectivity index is 0.000000387. The Labute approximate surface area is 152 Å². The van der Waals surface area contributed by atoms with Crippen molar-refractivity contribution in [3.63, 3.8) is 0 Å². The van der Waals surface area contributed by atoms with Crippen molar-refractivity contribution in [1.29, 1.82) is 0 Å². The van der Waals surface area contributed by atoms with Crippen molar-refractivity contribution in [3.8, 4) is 11.3 Å². The van der Waals surface area contributed by atoms with Crippen LogP contribution in [0, 0.1) is 0 Å². The molecule has 0 fully saturated rings. The topological polar surface area (TPSA) is 135 Å². The third-order valence-electron chi connectivity index (χ3n) is 2.81. The Morgan fingerprint density at radius 2 is 1.85 bits per heavy atom. The molecular formula is C12H14F3N4O6PS. The van der Waals surface area contributed by atoms with Gasteiger partial charge in [0.25, 0.3) is 6.29 Å². The molecule has 0 bridgehead atoms. The minimum absolute atomic E-state index is 0.0596. The number of hydrogen-bond acceptors (Lipinski definition) is 9. The molecule has 0 amide bonds. The van der Waals surface area contributed by atoms with Gasteiger partial charge < -0.3 is 13.6 Å². The zero-order valence-corrected chi connectivity index (χ0v) is 15.6. The van der Waals surface area contributed by atoms with Crippen LogP contribution < -0.4 is 4.68 Å². The number of hydrogen-bond donors (Lipinski definition) is 0. The van der Waals surface area contributed by atoms with E-state index in [1.807, 2.05) is 6.07 Å². The Kier molecular flexibility index (Phi) is 7.92. The van der Waals surface area contributed by atoms with Gasteiger partial charge in [0.15, 0.2) is 16.3 Å². The van der Waals surface area contributed by atoms with Crippen molar-refractivity contribution in [2.24, 2.45) is 0 Å². The third kappa shape index (κ3) is 7.27. The van der Waals surface area contributed by atoms with Gasteiger partial charge in [0.05, 0.1) is 5.69 Å². The van der Waals surface area contributed by atoms with Crippen LogP contribution in [0.15, 0.2) is 37.1 Å². The lowest BCUT2D eigenvalue weighted by molar-refractivity contribution is -0.738. The van der Waals surface area contributed by atoms with Crippen LogP contribution in [-0.4, -0.2) is 47.8 Å². The predicted octanol–water partition coefficient (Wildman–Crippen LogP) is 1.32. The van der Waals surface area contributed by atoms with Gasteiger partial charge in [-0.15, -0.1) is 0 Å². The lowest BCUT2D eigenvalue weighted by Crippen LogP contribution is -2.37. The van der Waals surface area contributed by atoms with E-state index in [0.29, 0.717) is 0 Å². The minimum atomic E-state index is -6.09. The molecular weight excluding hydrogens is 416 g/mol. The summed E-state index contributed by atoms with van der Waals surface area (Å²) >= 11 is 0. The van der Waals surface area contributed by atoms with Crippen LogP contribution >= 0.6 is 7.60 Å². The molecule has 0 radical (unpaired) electrons. The van der Waals surface area contributed by atoms with Crippen molar-refractivity contribution in [1.82, 2.24) is 15.1 Å². The normalized spacial score (nSPS) is 12.2. The Bertz CT molecular complexity index is 872. The molecule has 0 saturated carbocycles. The maximum Gasteiger partial charge on any atom is 0.485 e. The van der Waals surface area contributed by atoms with E-state index in [0.717, 1.165) is 11.3 Å². The minimum Gasteiger partial charge on any atom is -0.741 e. The van der Waals surface area contributed by atoms with Gasteiger partial charge in [-0.05, 0) is 11.2 Å². The van der Waals surface area contributed by atoms with E-state index in [1.165, 1.54) is 25.2 Å². The largest absolute Gasteiger partial charge is 0.741 e. The van der Waals surface area contributed by atoms with Gasteiger partial charge in [-0.1, -0.05) is 4.68 Å². The average Bonchev–Trinajstić information content (AvgIpc) is 2.62.